The number of aryl methyl sites for hydroxylation is 1. The fourth-order valence-corrected chi connectivity index (χ4v) is 3.38. The first kappa shape index (κ1) is 18.4. The minimum Gasteiger partial charge on any atom is -0.474 e. The van der Waals surface area contributed by atoms with Gasteiger partial charge in [0.15, 0.2) is 0 Å². The Kier molecular flexibility index (Phi) is 4.99. The average molecular weight is 384 g/mol. The van der Waals surface area contributed by atoms with Crippen LogP contribution in [0.15, 0.2) is 24.7 Å². The highest BCUT2D eigenvalue weighted by Crippen LogP contribution is 2.30. The zero-order valence-corrected chi connectivity index (χ0v) is 16.3. The summed E-state index contributed by atoms with van der Waals surface area (Å²) >= 11 is 0. The van der Waals surface area contributed by atoms with E-state index < -0.39 is 0 Å². The molecule has 1 aliphatic rings. The number of methoxy groups -OCH3 is 1. The molecule has 0 bridgehead atoms. The fourth-order valence-electron chi connectivity index (χ4n) is 3.38. The smallest absolute Gasteiger partial charge is 0.225 e. The lowest BCUT2D eigenvalue weighted by molar-refractivity contribution is -0.119. The Morgan fingerprint density at radius 3 is 3.00 bits per heavy atom. The van der Waals surface area contributed by atoms with Crippen LogP contribution in [-0.4, -0.2) is 56.8 Å². The Hall–Kier alpha value is -2.94. The number of rotatable bonds is 7. The van der Waals surface area contributed by atoms with Crippen molar-refractivity contribution in [2.45, 2.75) is 26.0 Å². The van der Waals surface area contributed by atoms with E-state index in [1.54, 1.807) is 18.0 Å². The molecule has 0 radical (unpaired) electrons. The number of pyridine rings is 1. The molecule has 0 saturated carbocycles. The Balaban J connectivity index is 1.65. The Labute approximate surface area is 162 Å². The van der Waals surface area contributed by atoms with Crippen LogP contribution < -0.4 is 10.1 Å². The maximum absolute atomic E-state index is 11.5. The van der Waals surface area contributed by atoms with Crippen molar-refractivity contribution in [2.75, 3.05) is 20.3 Å². The van der Waals surface area contributed by atoms with E-state index in [1.165, 1.54) is 0 Å². The first-order chi connectivity index (χ1) is 13.5. The Morgan fingerprint density at radius 1 is 1.39 bits per heavy atom. The van der Waals surface area contributed by atoms with Crippen LogP contribution in [0, 0.1) is 5.92 Å². The predicted molar refractivity (Wildman–Crippen MR) is 103 cm³/mol. The SMILES string of the molecule is COCCn1cc(-c2cc3nn(C)cc3c(OC(C)C3CNC(=O)C3)n2)cn1. The van der Waals surface area contributed by atoms with Gasteiger partial charge in [0, 0.05) is 51.0 Å². The van der Waals surface area contributed by atoms with E-state index in [0.717, 1.165) is 22.2 Å². The Morgan fingerprint density at radius 2 is 2.25 bits per heavy atom. The number of carbonyl (C=O) groups is 1. The number of nitrogens with one attached hydrogen (secondary N) is 1. The highest BCUT2D eigenvalue weighted by molar-refractivity contribution is 5.86. The number of hydrogen-bond acceptors (Lipinski definition) is 6. The van der Waals surface area contributed by atoms with Gasteiger partial charge in [-0.3, -0.25) is 14.2 Å². The number of ether oxygens (including phenoxy) is 2. The lowest BCUT2D eigenvalue weighted by Crippen LogP contribution is -2.26. The van der Waals surface area contributed by atoms with Gasteiger partial charge < -0.3 is 14.8 Å². The van der Waals surface area contributed by atoms with E-state index in [4.69, 9.17) is 14.5 Å². The van der Waals surface area contributed by atoms with Gasteiger partial charge in [0.05, 0.1) is 35.9 Å². The van der Waals surface area contributed by atoms with Gasteiger partial charge in [0.25, 0.3) is 0 Å². The molecule has 1 saturated heterocycles. The monoisotopic (exact) mass is 384 g/mol. The van der Waals surface area contributed by atoms with Crippen LogP contribution in [0.4, 0.5) is 0 Å². The first-order valence-corrected chi connectivity index (χ1v) is 9.33. The molecular weight excluding hydrogens is 360 g/mol. The molecule has 2 atom stereocenters. The normalized spacial score (nSPS) is 17.8. The molecule has 9 heteroatoms. The topological polar surface area (TPSA) is 96.1 Å². The van der Waals surface area contributed by atoms with Gasteiger partial charge in [-0.25, -0.2) is 4.98 Å². The maximum Gasteiger partial charge on any atom is 0.225 e. The van der Waals surface area contributed by atoms with Crippen molar-refractivity contribution in [1.29, 1.82) is 0 Å². The first-order valence-electron chi connectivity index (χ1n) is 9.33. The second-order valence-electron chi connectivity index (χ2n) is 7.12. The summed E-state index contributed by atoms with van der Waals surface area (Å²) in [6.45, 7) is 3.87. The standard InChI is InChI=1S/C19H24N6O3/c1-12(13-6-18(26)20-8-13)28-19-15-11-24(2)23-17(15)7-16(22-19)14-9-21-25(10-14)4-5-27-3/h7,9-13H,4-6,8H2,1-3H3,(H,20,26). The summed E-state index contributed by atoms with van der Waals surface area (Å²) in [4.78, 5) is 16.3. The number of carbonyl (C=O) groups excluding carboxylic acids is 1. The summed E-state index contributed by atoms with van der Waals surface area (Å²) in [6.07, 6.45) is 5.94. The third kappa shape index (κ3) is 3.70. The summed E-state index contributed by atoms with van der Waals surface area (Å²) in [5, 5.41) is 12.6. The molecule has 4 heterocycles. The minimum atomic E-state index is -0.144. The molecule has 0 aromatic carbocycles. The molecule has 9 nitrogen and oxygen atoms in total. The summed E-state index contributed by atoms with van der Waals surface area (Å²) in [7, 11) is 3.54. The van der Waals surface area contributed by atoms with Crippen LogP contribution in [0.2, 0.25) is 0 Å². The highest BCUT2D eigenvalue weighted by atomic mass is 16.5. The lowest BCUT2D eigenvalue weighted by Gasteiger charge is -2.19. The molecule has 1 amide bonds. The van der Waals surface area contributed by atoms with Crippen molar-refractivity contribution in [3.8, 4) is 17.1 Å². The van der Waals surface area contributed by atoms with Gasteiger partial charge in [0.2, 0.25) is 11.8 Å². The van der Waals surface area contributed by atoms with Crippen molar-refractivity contribution >= 4 is 16.8 Å². The van der Waals surface area contributed by atoms with Crippen molar-refractivity contribution in [3.63, 3.8) is 0 Å². The van der Waals surface area contributed by atoms with E-state index in [-0.39, 0.29) is 17.9 Å². The molecule has 3 aromatic rings. The van der Waals surface area contributed by atoms with Crippen LogP contribution >= 0.6 is 0 Å². The summed E-state index contributed by atoms with van der Waals surface area (Å²) in [5.74, 6) is 0.718. The molecular formula is C19H24N6O3. The summed E-state index contributed by atoms with van der Waals surface area (Å²) in [5.41, 5.74) is 2.44. The molecule has 1 N–H and O–H groups in total. The highest BCUT2D eigenvalue weighted by Gasteiger charge is 2.29. The van der Waals surface area contributed by atoms with Gasteiger partial charge in [0.1, 0.15) is 6.10 Å². The molecule has 1 fully saturated rings. The molecule has 4 rings (SSSR count). The van der Waals surface area contributed by atoms with Crippen molar-refractivity contribution in [2.24, 2.45) is 13.0 Å². The van der Waals surface area contributed by atoms with Crippen LogP contribution in [0.3, 0.4) is 0 Å². The maximum atomic E-state index is 11.5. The van der Waals surface area contributed by atoms with Gasteiger partial charge >= 0.3 is 0 Å². The number of aromatic nitrogens is 5. The fraction of sp³-hybridized carbons (Fsp3) is 0.474. The summed E-state index contributed by atoms with van der Waals surface area (Å²) in [6, 6.07) is 1.94. The van der Waals surface area contributed by atoms with Crippen LogP contribution in [0.1, 0.15) is 13.3 Å². The second kappa shape index (κ2) is 7.59. The van der Waals surface area contributed by atoms with Crippen molar-refractivity contribution in [3.05, 3.63) is 24.7 Å². The van der Waals surface area contributed by atoms with Crippen LogP contribution in [0.25, 0.3) is 22.2 Å². The molecule has 148 valence electrons. The van der Waals surface area contributed by atoms with Crippen LogP contribution in [0.5, 0.6) is 5.88 Å². The molecule has 2 unspecified atom stereocenters. The third-order valence-electron chi connectivity index (χ3n) is 5.01. The minimum absolute atomic E-state index is 0.0668. The van der Waals surface area contributed by atoms with E-state index in [0.29, 0.717) is 32.0 Å². The van der Waals surface area contributed by atoms with Gasteiger partial charge in [-0.1, -0.05) is 0 Å². The van der Waals surface area contributed by atoms with E-state index in [2.05, 4.69) is 15.5 Å². The molecule has 0 spiro atoms. The van der Waals surface area contributed by atoms with Gasteiger partial charge in [-0.15, -0.1) is 0 Å². The van der Waals surface area contributed by atoms with E-state index >= 15 is 0 Å². The van der Waals surface area contributed by atoms with Crippen LogP contribution in [-0.2, 0) is 23.1 Å². The van der Waals surface area contributed by atoms with E-state index in [1.807, 2.05) is 37.1 Å². The third-order valence-corrected chi connectivity index (χ3v) is 5.01. The number of amides is 1. The number of fused-ring (bicyclic) bond motifs is 1. The second-order valence-corrected chi connectivity index (χ2v) is 7.12. The molecule has 1 aliphatic heterocycles. The predicted octanol–water partition coefficient (Wildman–Crippen LogP) is 1.38. The van der Waals surface area contributed by atoms with Gasteiger partial charge in [-0.2, -0.15) is 10.2 Å². The molecule has 28 heavy (non-hydrogen) atoms. The molecule has 0 aliphatic carbocycles. The molecule has 3 aromatic heterocycles. The number of nitrogens with zero attached hydrogens (tertiary/aromatic N) is 5. The average Bonchev–Trinajstić information content (AvgIpc) is 3.38. The van der Waals surface area contributed by atoms with Crippen molar-refractivity contribution in [1.82, 2.24) is 29.9 Å². The zero-order valence-electron chi connectivity index (χ0n) is 16.3. The van der Waals surface area contributed by atoms with Crippen molar-refractivity contribution < 1.29 is 14.3 Å². The largest absolute Gasteiger partial charge is 0.474 e. The lowest BCUT2D eigenvalue weighted by atomic mass is 10.0. The van der Waals surface area contributed by atoms with E-state index in [9.17, 15) is 4.79 Å². The summed E-state index contributed by atoms with van der Waals surface area (Å²) < 4.78 is 14.9. The number of hydrogen-bond donors (Lipinski definition) is 1. The zero-order chi connectivity index (χ0) is 19.7. The Bertz CT molecular complexity index is 995. The van der Waals surface area contributed by atoms with Gasteiger partial charge in [-0.05, 0) is 13.0 Å². The quantitative estimate of drug-likeness (QED) is 0.661.